The molecule has 0 aromatic heterocycles. The van der Waals surface area contributed by atoms with Crippen molar-refractivity contribution in [2.24, 2.45) is 11.7 Å². The van der Waals surface area contributed by atoms with Crippen LogP contribution in [0.1, 0.15) is 45.6 Å². The molecule has 1 fully saturated rings. The third-order valence-electron chi connectivity index (χ3n) is 5.20. The fourth-order valence-electron chi connectivity index (χ4n) is 3.64. The van der Waals surface area contributed by atoms with Crippen LogP contribution in [0.15, 0.2) is 29.2 Å². The molecule has 150 valence electrons. The van der Waals surface area contributed by atoms with Crippen LogP contribution in [-0.2, 0) is 14.3 Å². The number of thioether (sulfide) groups is 1. The van der Waals surface area contributed by atoms with E-state index in [-0.39, 0.29) is 41.4 Å². The molecule has 0 heterocycles. The number of hydrogen-bond donors (Lipinski definition) is 2. The van der Waals surface area contributed by atoms with Crippen LogP contribution >= 0.6 is 11.8 Å². The number of ether oxygens (including phenoxy) is 1. The Hall–Kier alpha value is -1.37. The van der Waals surface area contributed by atoms with Crippen molar-refractivity contribution >= 4 is 24.0 Å². The zero-order valence-corrected chi connectivity index (χ0v) is 17.5. The Morgan fingerprint density at radius 1 is 1.33 bits per heavy atom. The molecule has 1 aliphatic rings. The van der Waals surface area contributed by atoms with Gasteiger partial charge in [-0.3, -0.25) is 4.79 Å². The van der Waals surface area contributed by atoms with E-state index in [4.69, 9.17) is 10.5 Å². The van der Waals surface area contributed by atoms with Gasteiger partial charge in [0.15, 0.2) is 0 Å². The first-order chi connectivity index (χ1) is 12.9. The van der Waals surface area contributed by atoms with Gasteiger partial charge in [-0.15, -0.1) is 11.8 Å². The van der Waals surface area contributed by atoms with Gasteiger partial charge in [-0.05, 0) is 38.3 Å². The summed E-state index contributed by atoms with van der Waals surface area (Å²) in [5, 5.41) is 2.89. The first-order valence-corrected chi connectivity index (χ1v) is 10.6. The third kappa shape index (κ3) is 5.80. The molecule has 0 unspecified atom stereocenters. The summed E-state index contributed by atoms with van der Waals surface area (Å²) < 4.78 is 6.44. The molecule has 1 aromatic carbocycles. The van der Waals surface area contributed by atoms with Gasteiger partial charge < -0.3 is 20.6 Å². The SMILES string of the molecule is CCC(CC)O[C@H]1[C@H](NC(C)=O)[C@@H](N)C[C@@H](C=O)[C@H]1Sc1ccc(C)cc1. The second-order valence-corrected chi connectivity index (χ2v) is 8.61. The van der Waals surface area contributed by atoms with Crippen molar-refractivity contribution in [3.63, 3.8) is 0 Å². The summed E-state index contributed by atoms with van der Waals surface area (Å²) in [6, 6.07) is 7.65. The summed E-state index contributed by atoms with van der Waals surface area (Å²) in [4.78, 5) is 24.7. The summed E-state index contributed by atoms with van der Waals surface area (Å²) in [6.45, 7) is 7.72. The lowest BCUT2D eigenvalue weighted by Gasteiger charge is -2.45. The molecule has 5 atom stereocenters. The molecule has 5 nitrogen and oxygen atoms in total. The van der Waals surface area contributed by atoms with E-state index in [1.165, 1.54) is 12.5 Å². The highest BCUT2D eigenvalue weighted by atomic mass is 32.2. The molecule has 2 rings (SSSR count). The first-order valence-electron chi connectivity index (χ1n) is 9.76. The number of rotatable bonds is 8. The van der Waals surface area contributed by atoms with E-state index >= 15 is 0 Å². The molecule has 0 bridgehead atoms. The minimum absolute atomic E-state index is 0.0741. The zero-order valence-electron chi connectivity index (χ0n) is 16.7. The van der Waals surface area contributed by atoms with Crippen LogP contribution in [-0.4, -0.2) is 41.7 Å². The highest BCUT2D eigenvalue weighted by Crippen LogP contribution is 2.39. The number of nitrogens with one attached hydrogen (secondary N) is 1. The van der Waals surface area contributed by atoms with Gasteiger partial charge >= 0.3 is 0 Å². The maximum atomic E-state index is 11.8. The summed E-state index contributed by atoms with van der Waals surface area (Å²) >= 11 is 1.65. The van der Waals surface area contributed by atoms with Gasteiger partial charge in [0.2, 0.25) is 5.91 Å². The van der Waals surface area contributed by atoms with Crippen LogP contribution in [0.5, 0.6) is 0 Å². The van der Waals surface area contributed by atoms with Gasteiger partial charge in [0.1, 0.15) is 6.29 Å². The molecule has 3 N–H and O–H groups in total. The number of amides is 1. The van der Waals surface area contributed by atoms with Crippen molar-refractivity contribution in [3.8, 4) is 0 Å². The first kappa shape index (κ1) is 21.9. The van der Waals surface area contributed by atoms with Crippen molar-refractivity contribution in [1.29, 1.82) is 0 Å². The molecular weight excluding hydrogens is 360 g/mol. The molecule has 1 aromatic rings. The van der Waals surface area contributed by atoms with Gasteiger partial charge in [-0.1, -0.05) is 31.5 Å². The molecule has 1 aliphatic carbocycles. The standard InChI is InChI=1S/C21H32N2O3S/c1-5-16(6-2)26-20-19(23-14(4)25)18(22)11-15(12-24)21(20)27-17-9-7-13(3)8-10-17/h7-10,12,15-16,18-21H,5-6,11,22H2,1-4H3,(H,23,25)/t15-,18-,19+,20-,21+/m0/s1. The highest BCUT2D eigenvalue weighted by molar-refractivity contribution is 8.00. The predicted molar refractivity (Wildman–Crippen MR) is 110 cm³/mol. The number of nitrogens with two attached hydrogens (primary N) is 1. The smallest absolute Gasteiger partial charge is 0.217 e. The Balaban J connectivity index is 2.35. The van der Waals surface area contributed by atoms with Crippen LogP contribution < -0.4 is 11.1 Å². The van der Waals surface area contributed by atoms with Gasteiger partial charge in [0.05, 0.1) is 18.2 Å². The lowest BCUT2D eigenvalue weighted by Crippen LogP contribution is -2.63. The quantitative estimate of drug-likeness (QED) is 0.665. The second kappa shape index (κ2) is 10.2. The maximum absolute atomic E-state index is 11.8. The molecular formula is C21H32N2O3S. The molecule has 0 radical (unpaired) electrons. The molecule has 6 heteroatoms. The van der Waals surface area contributed by atoms with Crippen molar-refractivity contribution in [3.05, 3.63) is 29.8 Å². The lowest BCUT2D eigenvalue weighted by molar-refractivity contribution is -0.124. The number of benzene rings is 1. The Kier molecular flexibility index (Phi) is 8.32. The van der Waals surface area contributed by atoms with Gasteiger partial charge in [0.25, 0.3) is 0 Å². The molecule has 27 heavy (non-hydrogen) atoms. The zero-order chi connectivity index (χ0) is 20.0. The lowest BCUT2D eigenvalue weighted by atomic mass is 9.80. The molecule has 0 spiro atoms. The average molecular weight is 393 g/mol. The average Bonchev–Trinajstić information content (AvgIpc) is 2.65. The minimum atomic E-state index is -0.316. The number of hydrogen-bond acceptors (Lipinski definition) is 5. The molecule has 0 aliphatic heterocycles. The normalized spacial score (nSPS) is 28.1. The van der Waals surface area contributed by atoms with Gasteiger partial charge in [-0.25, -0.2) is 0 Å². The van der Waals surface area contributed by atoms with E-state index in [1.54, 1.807) is 11.8 Å². The Morgan fingerprint density at radius 3 is 2.48 bits per heavy atom. The largest absolute Gasteiger partial charge is 0.372 e. The van der Waals surface area contributed by atoms with Crippen molar-refractivity contribution in [2.75, 3.05) is 0 Å². The van der Waals surface area contributed by atoms with Crippen LogP contribution in [0.3, 0.4) is 0 Å². The third-order valence-corrected chi connectivity index (χ3v) is 6.64. The van der Waals surface area contributed by atoms with E-state index in [2.05, 4.69) is 43.4 Å². The predicted octanol–water partition coefficient (Wildman–Crippen LogP) is 3.08. The monoisotopic (exact) mass is 392 g/mol. The van der Waals surface area contributed by atoms with Gasteiger partial charge in [0, 0.05) is 29.0 Å². The van der Waals surface area contributed by atoms with E-state index in [0.29, 0.717) is 6.42 Å². The minimum Gasteiger partial charge on any atom is -0.372 e. The van der Waals surface area contributed by atoms with Crippen LogP contribution in [0.4, 0.5) is 0 Å². The van der Waals surface area contributed by atoms with Crippen LogP contribution in [0, 0.1) is 12.8 Å². The van der Waals surface area contributed by atoms with Crippen molar-refractivity contribution in [2.45, 2.75) is 81.4 Å². The van der Waals surface area contributed by atoms with E-state index in [1.807, 2.05) is 6.92 Å². The summed E-state index contributed by atoms with van der Waals surface area (Å²) in [5.41, 5.74) is 7.55. The summed E-state index contributed by atoms with van der Waals surface area (Å²) in [5.74, 6) is -0.340. The fourth-order valence-corrected chi connectivity index (χ4v) is 4.96. The van der Waals surface area contributed by atoms with E-state index < -0.39 is 0 Å². The van der Waals surface area contributed by atoms with Crippen LogP contribution in [0.2, 0.25) is 0 Å². The molecule has 0 saturated heterocycles. The number of aldehydes is 1. The van der Waals surface area contributed by atoms with Crippen molar-refractivity contribution < 1.29 is 14.3 Å². The van der Waals surface area contributed by atoms with Crippen molar-refractivity contribution in [1.82, 2.24) is 5.32 Å². The number of carbonyl (C=O) groups is 2. The number of aryl methyl sites for hydroxylation is 1. The maximum Gasteiger partial charge on any atom is 0.217 e. The van der Waals surface area contributed by atoms with E-state index in [9.17, 15) is 9.59 Å². The highest BCUT2D eigenvalue weighted by Gasteiger charge is 2.46. The van der Waals surface area contributed by atoms with Gasteiger partial charge in [-0.2, -0.15) is 0 Å². The molecule has 1 saturated carbocycles. The Labute approximate surface area is 166 Å². The molecule has 1 amide bonds. The Bertz CT molecular complexity index is 618. The Morgan fingerprint density at radius 2 is 1.96 bits per heavy atom. The summed E-state index contributed by atoms with van der Waals surface area (Å²) in [6.07, 6.45) is 3.06. The fraction of sp³-hybridized carbons (Fsp3) is 0.619. The van der Waals surface area contributed by atoms with Crippen LogP contribution in [0.25, 0.3) is 0 Å². The topological polar surface area (TPSA) is 81.4 Å². The van der Waals surface area contributed by atoms with E-state index in [0.717, 1.165) is 24.0 Å². The number of carbonyl (C=O) groups excluding carboxylic acids is 2. The summed E-state index contributed by atoms with van der Waals surface area (Å²) in [7, 11) is 0. The second-order valence-electron chi connectivity index (χ2n) is 7.36.